The van der Waals surface area contributed by atoms with Crippen molar-refractivity contribution in [2.75, 3.05) is 0 Å². The van der Waals surface area contributed by atoms with Gasteiger partial charge in [-0.05, 0) is 64.5 Å². The van der Waals surface area contributed by atoms with Crippen LogP contribution in [0, 0.1) is 0 Å². The minimum atomic E-state index is -1.03. The van der Waals surface area contributed by atoms with E-state index in [1.807, 2.05) is 12.1 Å². The van der Waals surface area contributed by atoms with Crippen LogP contribution in [-0.4, -0.2) is 26.8 Å². The van der Waals surface area contributed by atoms with Gasteiger partial charge in [-0.2, -0.15) is 0 Å². The standard InChI is InChI=1S/C19H23BrN2O4/c1-17(2,25)12-9-11(20)10-13-14(12)26-15(21-13)18-3-6-19(7-4-18,8-5-18)22-16(23)24/h9-10,22,25H,3-8H2,1-2H3,(H,23,24). The Balaban J connectivity index is 1.72. The Labute approximate surface area is 160 Å². The summed E-state index contributed by atoms with van der Waals surface area (Å²) < 4.78 is 7.08. The van der Waals surface area contributed by atoms with Gasteiger partial charge in [0.25, 0.3) is 0 Å². The van der Waals surface area contributed by atoms with E-state index in [1.165, 1.54) is 0 Å². The summed E-state index contributed by atoms with van der Waals surface area (Å²) in [4.78, 5) is 15.9. The molecule has 2 aromatic rings. The third-order valence-electron chi connectivity index (χ3n) is 6.19. The monoisotopic (exact) mass is 422 g/mol. The molecule has 3 fully saturated rings. The number of fused-ring (bicyclic) bond motifs is 4. The molecule has 3 aliphatic carbocycles. The first-order chi connectivity index (χ1) is 12.1. The second kappa shape index (κ2) is 5.70. The topological polar surface area (TPSA) is 95.6 Å². The van der Waals surface area contributed by atoms with Gasteiger partial charge in [0.2, 0.25) is 5.89 Å². The predicted molar refractivity (Wildman–Crippen MR) is 100 cm³/mol. The predicted octanol–water partition coefficient (Wildman–Crippen LogP) is 4.43. The highest BCUT2D eigenvalue weighted by Crippen LogP contribution is 2.54. The van der Waals surface area contributed by atoms with Gasteiger partial charge in [0.15, 0.2) is 5.58 Å². The summed E-state index contributed by atoms with van der Waals surface area (Å²) in [5, 5.41) is 22.4. The smallest absolute Gasteiger partial charge is 0.405 e. The second-order valence-corrected chi connectivity index (χ2v) is 9.29. The zero-order chi connectivity index (χ0) is 18.7. The molecule has 5 rings (SSSR count). The van der Waals surface area contributed by atoms with Gasteiger partial charge in [-0.1, -0.05) is 15.9 Å². The highest BCUT2D eigenvalue weighted by Gasteiger charge is 2.52. The van der Waals surface area contributed by atoms with Crippen LogP contribution in [0.2, 0.25) is 0 Å². The van der Waals surface area contributed by atoms with Crippen molar-refractivity contribution in [1.29, 1.82) is 0 Å². The van der Waals surface area contributed by atoms with Crippen LogP contribution in [0.15, 0.2) is 21.0 Å². The molecule has 1 heterocycles. The first-order valence-corrected chi connectivity index (χ1v) is 9.76. The van der Waals surface area contributed by atoms with Crippen LogP contribution in [0.5, 0.6) is 0 Å². The summed E-state index contributed by atoms with van der Waals surface area (Å²) in [5.74, 6) is 0.722. The van der Waals surface area contributed by atoms with Gasteiger partial charge in [0, 0.05) is 21.0 Å². The zero-order valence-corrected chi connectivity index (χ0v) is 16.5. The lowest BCUT2D eigenvalue weighted by Gasteiger charge is -2.51. The molecule has 3 aliphatic rings. The Morgan fingerprint density at radius 2 is 1.85 bits per heavy atom. The van der Waals surface area contributed by atoms with Gasteiger partial charge in [-0.25, -0.2) is 9.78 Å². The molecule has 1 aromatic carbocycles. The van der Waals surface area contributed by atoms with Crippen LogP contribution in [0.1, 0.15) is 63.8 Å². The summed E-state index contributed by atoms with van der Waals surface area (Å²) in [5.41, 5.74) is 0.634. The molecule has 0 aliphatic heterocycles. The summed E-state index contributed by atoms with van der Waals surface area (Å²) in [7, 11) is 0. The summed E-state index contributed by atoms with van der Waals surface area (Å²) in [6, 6.07) is 3.79. The van der Waals surface area contributed by atoms with E-state index in [1.54, 1.807) is 13.8 Å². The van der Waals surface area contributed by atoms with E-state index < -0.39 is 11.7 Å². The summed E-state index contributed by atoms with van der Waals surface area (Å²) in [6.07, 6.45) is 4.05. The van der Waals surface area contributed by atoms with Crippen molar-refractivity contribution in [3.63, 3.8) is 0 Å². The Hall–Kier alpha value is -1.60. The Morgan fingerprint density at radius 1 is 1.23 bits per heavy atom. The van der Waals surface area contributed by atoms with E-state index in [-0.39, 0.29) is 11.0 Å². The molecule has 7 heteroatoms. The lowest BCUT2D eigenvalue weighted by Crippen LogP contribution is -2.57. The van der Waals surface area contributed by atoms with Gasteiger partial charge < -0.3 is 19.9 Å². The molecule has 6 nitrogen and oxygen atoms in total. The number of nitrogens with zero attached hydrogens (tertiary/aromatic N) is 1. The van der Waals surface area contributed by atoms with Gasteiger partial charge in [-0.3, -0.25) is 0 Å². The zero-order valence-electron chi connectivity index (χ0n) is 14.9. The molecule has 1 amide bonds. The minimum Gasteiger partial charge on any atom is -0.465 e. The van der Waals surface area contributed by atoms with Crippen molar-refractivity contribution in [2.45, 2.75) is 68.9 Å². The fourth-order valence-electron chi connectivity index (χ4n) is 4.60. The molecular weight excluding hydrogens is 400 g/mol. The van der Waals surface area contributed by atoms with Crippen molar-refractivity contribution >= 4 is 33.1 Å². The van der Waals surface area contributed by atoms with Crippen LogP contribution >= 0.6 is 15.9 Å². The van der Waals surface area contributed by atoms with Crippen molar-refractivity contribution < 1.29 is 19.4 Å². The van der Waals surface area contributed by atoms with Crippen LogP contribution in [0.4, 0.5) is 4.79 Å². The summed E-state index contributed by atoms with van der Waals surface area (Å²) in [6.45, 7) is 3.48. The molecule has 0 saturated heterocycles. The Morgan fingerprint density at radius 3 is 2.38 bits per heavy atom. The highest BCUT2D eigenvalue weighted by molar-refractivity contribution is 9.10. The van der Waals surface area contributed by atoms with Crippen molar-refractivity contribution in [2.24, 2.45) is 0 Å². The number of hydrogen-bond donors (Lipinski definition) is 3. The maximum atomic E-state index is 11.1. The van der Waals surface area contributed by atoms with Crippen LogP contribution < -0.4 is 5.32 Å². The van der Waals surface area contributed by atoms with E-state index >= 15 is 0 Å². The number of amides is 1. The Kier molecular flexibility index (Phi) is 3.90. The number of benzene rings is 1. The molecule has 3 saturated carbocycles. The lowest BCUT2D eigenvalue weighted by molar-refractivity contribution is 0.0600. The number of oxazole rings is 1. The third-order valence-corrected chi connectivity index (χ3v) is 6.64. The van der Waals surface area contributed by atoms with Gasteiger partial charge in [0.1, 0.15) is 5.52 Å². The molecule has 26 heavy (non-hydrogen) atoms. The molecule has 2 bridgehead atoms. The number of aliphatic hydroxyl groups is 1. The normalized spacial score (nSPS) is 28.5. The number of rotatable bonds is 3. The number of carbonyl (C=O) groups is 1. The third kappa shape index (κ3) is 2.81. The number of nitrogens with one attached hydrogen (secondary N) is 1. The van der Waals surface area contributed by atoms with Crippen molar-refractivity contribution in [3.8, 4) is 0 Å². The number of hydrogen-bond acceptors (Lipinski definition) is 4. The molecule has 0 radical (unpaired) electrons. The second-order valence-electron chi connectivity index (χ2n) is 8.37. The molecule has 0 unspecified atom stereocenters. The lowest BCUT2D eigenvalue weighted by atomic mass is 9.57. The average Bonchev–Trinajstić information content (AvgIpc) is 2.98. The molecule has 3 N–H and O–H groups in total. The average molecular weight is 423 g/mol. The fourth-order valence-corrected chi connectivity index (χ4v) is 5.05. The van der Waals surface area contributed by atoms with Crippen molar-refractivity contribution in [3.05, 3.63) is 28.1 Å². The van der Waals surface area contributed by atoms with E-state index in [0.29, 0.717) is 11.1 Å². The number of aromatic nitrogens is 1. The molecule has 140 valence electrons. The number of carboxylic acid groups (broad SMARTS) is 1. The fraction of sp³-hybridized carbons (Fsp3) is 0.579. The quantitative estimate of drug-likeness (QED) is 0.679. The van der Waals surface area contributed by atoms with Crippen LogP contribution in [-0.2, 0) is 11.0 Å². The van der Waals surface area contributed by atoms with Gasteiger partial charge >= 0.3 is 6.09 Å². The van der Waals surface area contributed by atoms with E-state index in [0.717, 1.165) is 54.4 Å². The summed E-state index contributed by atoms with van der Waals surface area (Å²) >= 11 is 3.49. The van der Waals surface area contributed by atoms with Gasteiger partial charge in [0.05, 0.1) is 5.60 Å². The molecular formula is C19H23BrN2O4. The maximum Gasteiger partial charge on any atom is 0.405 e. The maximum absolute atomic E-state index is 11.1. The SMILES string of the molecule is CC(C)(O)c1cc(Br)cc2nc(C34CCC(NC(=O)O)(CC3)CC4)oc12. The van der Waals surface area contributed by atoms with Crippen LogP contribution in [0.3, 0.4) is 0 Å². The first kappa shape index (κ1) is 17.8. The van der Waals surface area contributed by atoms with E-state index in [2.05, 4.69) is 21.2 Å². The Bertz CT molecular complexity index is 859. The highest BCUT2D eigenvalue weighted by atomic mass is 79.9. The first-order valence-electron chi connectivity index (χ1n) is 8.97. The largest absolute Gasteiger partial charge is 0.465 e. The minimum absolute atomic E-state index is 0.135. The number of halogens is 1. The van der Waals surface area contributed by atoms with Crippen molar-refractivity contribution in [1.82, 2.24) is 10.3 Å². The molecule has 1 aromatic heterocycles. The molecule has 0 spiro atoms. The van der Waals surface area contributed by atoms with Gasteiger partial charge in [-0.15, -0.1) is 0 Å². The van der Waals surface area contributed by atoms with E-state index in [9.17, 15) is 9.90 Å². The molecule has 0 atom stereocenters. The van der Waals surface area contributed by atoms with Crippen LogP contribution in [0.25, 0.3) is 11.1 Å². The van der Waals surface area contributed by atoms with E-state index in [4.69, 9.17) is 14.5 Å².